The third-order valence-corrected chi connectivity index (χ3v) is 6.89. The Kier molecular flexibility index (Phi) is 7.69. The summed E-state index contributed by atoms with van der Waals surface area (Å²) in [5.41, 5.74) is 4.58. The lowest BCUT2D eigenvalue weighted by Crippen LogP contribution is -2.22. The van der Waals surface area contributed by atoms with Gasteiger partial charge in [-0.3, -0.25) is 9.59 Å². The molecule has 1 heterocycles. The van der Waals surface area contributed by atoms with E-state index in [4.69, 9.17) is 18.9 Å². The molecule has 3 aromatic rings. The van der Waals surface area contributed by atoms with Gasteiger partial charge in [-0.05, 0) is 67.5 Å². The fourth-order valence-corrected chi connectivity index (χ4v) is 5.06. The van der Waals surface area contributed by atoms with Crippen LogP contribution in [0.3, 0.4) is 0 Å². The second-order valence-corrected chi connectivity index (χ2v) is 8.99. The Morgan fingerprint density at radius 3 is 2.60 bits per heavy atom. The maximum absolute atomic E-state index is 12.5. The molecule has 6 heteroatoms. The van der Waals surface area contributed by atoms with E-state index in [9.17, 15) is 9.59 Å². The molecule has 35 heavy (non-hydrogen) atoms. The van der Waals surface area contributed by atoms with E-state index < -0.39 is 0 Å². The standard InChI is InChI=1S/C29H33NO5/c1-5-21(29(32)33-4)22-13-12-20-16-27(23(18(3)31)17-24(20)22)34-15-14-25-26(6-2)35-28(30-25)19-10-8-7-9-11-19/h7-11,16-17,21-22H,5-6,12-15H2,1-4H3. The van der Waals surface area contributed by atoms with Crippen molar-refractivity contribution in [2.75, 3.05) is 13.7 Å². The van der Waals surface area contributed by atoms with Crippen molar-refractivity contribution in [2.45, 2.75) is 58.8 Å². The number of hydrogen-bond acceptors (Lipinski definition) is 6. The largest absolute Gasteiger partial charge is 0.492 e. The summed E-state index contributed by atoms with van der Waals surface area (Å²) in [6.07, 6.45) is 3.74. The first-order valence-electron chi connectivity index (χ1n) is 12.4. The maximum atomic E-state index is 12.5. The first-order chi connectivity index (χ1) is 17.0. The van der Waals surface area contributed by atoms with Gasteiger partial charge in [-0.25, -0.2) is 4.98 Å². The second-order valence-electron chi connectivity index (χ2n) is 8.99. The van der Waals surface area contributed by atoms with E-state index in [1.54, 1.807) is 6.92 Å². The Bertz CT molecular complexity index is 1200. The van der Waals surface area contributed by atoms with Gasteiger partial charge in [-0.15, -0.1) is 0 Å². The fourth-order valence-electron chi connectivity index (χ4n) is 5.06. The topological polar surface area (TPSA) is 78.6 Å². The van der Waals surface area contributed by atoms with Crippen molar-refractivity contribution in [3.8, 4) is 17.2 Å². The van der Waals surface area contributed by atoms with Crippen molar-refractivity contribution < 1.29 is 23.5 Å². The number of oxazole rings is 1. The van der Waals surface area contributed by atoms with Crippen LogP contribution in [-0.2, 0) is 28.8 Å². The van der Waals surface area contributed by atoms with Crippen molar-refractivity contribution in [2.24, 2.45) is 5.92 Å². The summed E-state index contributed by atoms with van der Waals surface area (Å²) in [6.45, 7) is 5.98. The van der Waals surface area contributed by atoms with E-state index in [1.807, 2.05) is 56.3 Å². The van der Waals surface area contributed by atoms with Crippen LogP contribution in [0.1, 0.15) is 72.5 Å². The number of hydrogen-bond donors (Lipinski definition) is 0. The van der Waals surface area contributed by atoms with E-state index in [0.717, 1.165) is 47.4 Å². The average molecular weight is 476 g/mol. The second kappa shape index (κ2) is 10.9. The Hall–Kier alpha value is -3.41. The van der Waals surface area contributed by atoms with Gasteiger partial charge in [0.05, 0.1) is 30.9 Å². The van der Waals surface area contributed by atoms with Gasteiger partial charge in [0.25, 0.3) is 0 Å². The van der Waals surface area contributed by atoms with E-state index in [1.165, 1.54) is 7.11 Å². The van der Waals surface area contributed by atoms with E-state index in [0.29, 0.717) is 36.7 Å². The average Bonchev–Trinajstić information content (AvgIpc) is 3.48. The molecular weight excluding hydrogens is 442 g/mol. The van der Waals surface area contributed by atoms with E-state index in [-0.39, 0.29) is 23.6 Å². The van der Waals surface area contributed by atoms with Gasteiger partial charge < -0.3 is 13.9 Å². The van der Waals surface area contributed by atoms with Gasteiger partial charge in [0.1, 0.15) is 11.5 Å². The molecule has 184 valence electrons. The number of methoxy groups -OCH3 is 1. The van der Waals surface area contributed by atoms with Crippen LogP contribution in [0.5, 0.6) is 5.75 Å². The highest BCUT2D eigenvalue weighted by molar-refractivity contribution is 5.97. The number of nitrogens with zero attached hydrogens (tertiary/aromatic N) is 1. The van der Waals surface area contributed by atoms with Crippen molar-refractivity contribution in [1.82, 2.24) is 4.98 Å². The zero-order valence-corrected chi connectivity index (χ0v) is 20.9. The summed E-state index contributed by atoms with van der Waals surface area (Å²) in [4.78, 5) is 29.5. The Labute approximate surface area is 206 Å². The number of ketones is 1. The molecule has 0 fully saturated rings. The molecule has 0 saturated carbocycles. The molecule has 1 aliphatic rings. The Morgan fingerprint density at radius 2 is 1.94 bits per heavy atom. The Morgan fingerprint density at radius 1 is 1.17 bits per heavy atom. The third-order valence-electron chi connectivity index (χ3n) is 6.89. The zero-order valence-electron chi connectivity index (χ0n) is 20.9. The lowest BCUT2D eigenvalue weighted by Gasteiger charge is -2.21. The summed E-state index contributed by atoms with van der Waals surface area (Å²) in [6, 6.07) is 13.8. The van der Waals surface area contributed by atoms with Crippen LogP contribution in [0, 0.1) is 5.92 Å². The van der Waals surface area contributed by atoms with Crippen molar-refractivity contribution >= 4 is 11.8 Å². The summed E-state index contributed by atoms with van der Waals surface area (Å²) >= 11 is 0. The molecule has 1 aromatic heterocycles. The number of aryl methyl sites for hydroxylation is 2. The number of carbonyl (C=O) groups excluding carboxylic acids is 2. The molecule has 0 amide bonds. The van der Waals surface area contributed by atoms with Crippen LogP contribution in [-0.4, -0.2) is 30.5 Å². The quantitative estimate of drug-likeness (QED) is 0.266. The van der Waals surface area contributed by atoms with Crippen LogP contribution in [0.25, 0.3) is 11.5 Å². The van der Waals surface area contributed by atoms with Gasteiger partial charge >= 0.3 is 5.97 Å². The molecule has 0 spiro atoms. The molecule has 0 aliphatic heterocycles. The maximum Gasteiger partial charge on any atom is 0.309 e. The zero-order chi connectivity index (χ0) is 24.9. The van der Waals surface area contributed by atoms with Crippen LogP contribution in [0.4, 0.5) is 0 Å². The molecular formula is C29H33NO5. The molecule has 2 aromatic carbocycles. The van der Waals surface area contributed by atoms with Gasteiger partial charge in [0.2, 0.25) is 5.89 Å². The molecule has 2 atom stereocenters. The van der Waals surface area contributed by atoms with Gasteiger partial charge in [-0.1, -0.05) is 32.0 Å². The normalized spacial score (nSPS) is 15.5. The minimum atomic E-state index is -0.203. The number of carbonyl (C=O) groups is 2. The summed E-state index contributed by atoms with van der Waals surface area (Å²) in [5, 5.41) is 0. The van der Waals surface area contributed by atoms with E-state index in [2.05, 4.69) is 0 Å². The van der Waals surface area contributed by atoms with E-state index >= 15 is 0 Å². The SMILES string of the molecule is CCc1oc(-c2ccccc2)nc1CCOc1cc2c(cc1C(C)=O)C(C(CC)C(=O)OC)CC2. The Balaban J connectivity index is 1.52. The minimum Gasteiger partial charge on any atom is -0.492 e. The number of benzene rings is 2. The lowest BCUT2D eigenvalue weighted by atomic mass is 9.84. The highest BCUT2D eigenvalue weighted by Crippen LogP contribution is 2.43. The number of aromatic nitrogens is 1. The molecule has 0 radical (unpaired) electrons. The monoisotopic (exact) mass is 475 g/mol. The van der Waals surface area contributed by atoms with Gasteiger partial charge in [-0.2, -0.15) is 0 Å². The number of fused-ring (bicyclic) bond motifs is 1. The van der Waals surface area contributed by atoms with Gasteiger partial charge in [0, 0.05) is 18.4 Å². The molecule has 0 bridgehead atoms. The fraction of sp³-hybridized carbons (Fsp3) is 0.414. The summed E-state index contributed by atoms with van der Waals surface area (Å²) in [5.74, 6) is 1.67. The predicted octanol–water partition coefficient (Wildman–Crippen LogP) is 5.96. The van der Waals surface area contributed by atoms with Crippen molar-refractivity contribution in [3.63, 3.8) is 0 Å². The molecule has 6 nitrogen and oxygen atoms in total. The van der Waals surface area contributed by atoms with Gasteiger partial charge in [0.15, 0.2) is 5.78 Å². The number of ether oxygens (including phenoxy) is 2. The molecule has 0 N–H and O–H groups in total. The lowest BCUT2D eigenvalue weighted by molar-refractivity contribution is -0.146. The van der Waals surface area contributed by atoms with Crippen LogP contribution in [0.15, 0.2) is 46.9 Å². The van der Waals surface area contributed by atoms with Crippen molar-refractivity contribution in [1.29, 1.82) is 0 Å². The highest BCUT2D eigenvalue weighted by Gasteiger charge is 2.35. The highest BCUT2D eigenvalue weighted by atomic mass is 16.5. The molecule has 4 rings (SSSR count). The minimum absolute atomic E-state index is 0.0541. The summed E-state index contributed by atoms with van der Waals surface area (Å²) < 4.78 is 17.2. The smallest absolute Gasteiger partial charge is 0.309 e. The predicted molar refractivity (Wildman–Crippen MR) is 134 cm³/mol. The number of rotatable bonds is 10. The third kappa shape index (κ3) is 5.16. The molecule has 2 unspecified atom stereocenters. The van der Waals surface area contributed by atoms with Crippen molar-refractivity contribution in [3.05, 3.63) is 70.6 Å². The van der Waals surface area contributed by atoms with Crippen LogP contribution >= 0.6 is 0 Å². The van der Waals surface area contributed by atoms with Crippen LogP contribution < -0.4 is 4.74 Å². The first kappa shape index (κ1) is 24.7. The first-order valence-corrected chi connectivity index (χ1v) is 12.4. The number of Topliss-reactive ketones (excluding diaryl/α,β-unsaturated/α-hetero) is 1. The number of esters is 1. The molecule has 1 aliphatic carbocycles. The van der Waals surface area contributed by atoms with Crippen LogP contribution in [0.2, 0.25) is 0 Å². The summed E-state index contributed by atoms with van der Waals surface area (Å²) in [7, 11) is 1.43. The molecule has 0 saturated heterocycles.